The lowest BCUT2D eigenvalue weighted by Crippen LogP contribution is -2.19. The molecule has 0 spiro atoms. The number of hydrogen-bond acceptors (Lipinski definition) is 3. The highest BCUT2D eigenvalue weighted by atomic mass is 35.5. The number of anilines is 1. The van der Waals surface area contributed by atoms with E-state index in [1.165, 1.54) is 0 Å². The van der Waals surface area contributed by atoms with Crippen molar-refractivity contribution in [1.29, 1.82) is 0 Å². The van der Waals surface area contributed by atoms with E-state index < -0.39 is 6.10 Å². The zero-order chi connectivity index (χ0) is 14.1. The van der Waals surface area contributed by atoms with Gasteiger partial charge in [0.25, 0.3) is 0 Å². The second kappa shape index (κ2) is 5.56. The Kier molecular flexibility index (Phi) is 3.78. The van der Waals surface area contributed by atoms with Crippen molar-refractivity contribution in [2.24, 2.45) is 0 Å². The predicted octanol–water partition coefficient (Wildman–Crippen LogP) is 3.56. The molecule has 1 amide bonds. The first-order valence-corrected chi connectivity index (χ1v) is 7.72. The number of thiophene rings is 1. The topological polar surface area (TPSA) is 49.3 Å². The Morgan fingerprint density at radius 1 is 1.40 bits per heavy atom. The van der Waals surface area contributed by atoms with Crippen molar-refractivity contribution in [2.45, 2.75) is 25.4 Å². The first-order chi connectivity index (χ1) is 9.63. The lowest BCUT2D eigenvalue weighted by Gasteiger charge is -2.20. The molecule has 1 unspecified atom stereocenters. The van der Waals surface area contributed by atoms with Crippen LogP contribution in [0, 0.1) is 0 Å². The molecule has 0 saturated heterocycles. The number of aliphatic hydroxyl groups is 1. The summed E-state index contributed by atoms with van der Waals surface area (Å²) < 4.78 is 0. The Hall–Kier alpha value is -1.36. The molecule has 1 aliphatic rings. The van der Waals surface area contributed by atoms with Gasteiger partial charge in [0.05, 0.1) is 16.8 Å². The molecule has 2 aromatic rings. The van der Waals surface area contributed by atoms with E-state index in [2.05, 4.69) is 5.32 Å². The van der Waals surface area contributed by atoms with Crippen LogP contribution in [0.3, 0.4) is 0 Å². The second-order valence-electron chi connectivity index (χ2n) is 4.88. The number of nitrogens with one attached hydrogen (secondary N) is 1. The van der Waals surface area contributed by atoms with E-state index in [9.17, 15) is 9.90 Å². The first-order valence-electron chi connectivity index (χ1n) is 6.46. The fourth-order valence-corrected chi connectivity index (χ4v) is 3.44. The summed E-state index contributed by atoms with van der Waals surface area (Å²) in [5.74, 6) is -0.00807. The lowest BCUT2D eigenvalue weighted by atomic mass is 9.97. The van der Waals surface area contributed by atoms with Crippen LogP contribution in [0.1, 0.15) is 28.5 Å². The summed E-state index contributed by atoms with van der Waals surface area (Å²) in [6, 6.07) is 7.67. The molecular weight excluding hydrogens is 294 g/mol. The molecule has 0 fully saturated rings. The van der Waals surface area contributed by atoms with Crippen LogP contribution in [0.4, 0.5) is 5.69 Å². The highest BCUT2D eigenvalue weighted by Gasteiger charge is 2.20. The molecular formula is C15H14ClNO2S. The van der Waals surface area contributed by atoms with E-state index in [-0.39, 0.29) is 5.91 Å². The third-order valence-corrected chi connectivity index (χ3v) is 4.64. The number of aliphatic hydroxyl groups excluding tert-OH is 1. The maximum Gasteiger partial charge on any atom is 0.224 e. The van der Waals surface area contributed by atoms with Gasteiger partial charge >= 0.3 is 0 Å². The molecule has 1 atom stereocenters. The molecule has 2 N–H and O–H groups in total. The van der Waals surface area contributed by atoms with Gasteiger partial charge in [-0.2, -0.15) is 0 Å². The van der Waals surface area contributed by atoms with Crippen molar-refractivity contribution in [3.63, 3.8) is 0 Å². The fourth-order valence-electron chi connectivity index (χ4n) is 2.40. The fraction of sp³-hybridized carbons (Fsp3) is 0.267. The van der Waals surface area contributed by atoms with Crippen molar-refractivity contribution in [1.82, 2.24) is 0 Å². The Morgan fingerprint density at radius 2 is 2.25 bits per heavy atom. The summed E-state index contributed by atoms with van der Waals surface area (Å²) in [6.45, 7) is 0. The maximum atomic E-state index is 11.4. The lowest BCUT2D eigenvalue weighted by molar-refractivity contribution is -0.116. The molecule has 0 aliphatic carbocycles. The summed E-state index contributed by atoms with van der Waals surface area (Å²) in [6.07, 6.45) is 1.14. The highest BCUT2D eigenvalue weighted by Crippen LogP contribution is 2.34. The summed E-state index contributed by atoms with van der Waals surface area (Å²) in [4.78, 5) is 12.5. The van der Waals surface area contributed by atoms with E-state index >= 15 is 0 Å². The normalized spacial score (nSPS) is 15.6. The second-order valence-corrected chi connectivity index (χ2v) is 6.32. The quantitative estimate of drug-likeness (QED) is 0.911. The van der Waals surface area contributed by atoms with E-state index in [0.717, 1.165) is 16.0 Å². The molecule has 0 saturated carbocycles. The Bertz CT molecular complexity index is 640. The zero-order valence-corrected chi connectivity index (χ0v) is 12.3. The van der Waals surface area contributed by atoms with Crippen LogP contribution in [0.25, 0.3) is 0 Å². The Balaban J connectivity index is 1.87. The average molecular weight is 308 g/mol. The maximum absolute atomic E-state index is 11.4. The van der Waals surface area contributed by atoms with Gasteiger partial charge in [0.1, 0.15) is 0 Å². The van der Waals surface area contributed by atoms with Gasteiger partial charge in [0.2, 0.25) is 5.91 Å². The highest BCUT2D eigenvalue weighted by molar-refractivity contribution is 7.09. The zero-order valence-electron chi connectivity index (χ0n) is 10.7. The van der Waals surface area contributed by atoms with Crippen LogP contribution in [0.5, 0.6) is 0 Å². The molecule has 3 nitrogen and oxygen atoms in total. The molecule has 104 valence electrons. The third-order valence-electron chi connectivity index (χ3n) is 3.44. The smallest absolute Gasteiger partial charge is 0.224 e. The van der Waals surface area contributed by atoms with Crippen molar-refractivity contribution in [2.75, 3.05) is 5.32 Å². The number of carbonyl (C=O) groups is 1. The number of amides is 1. The number of halogens is 1. The predicted molar refractivity (Wildman–Crippen MR) is 81.4 cm³/mol. The molecule has 1 aromatic carbocycles. The molecule has 20 heavy (non-hydrogen) atoms. The Labute approximate surface area is 126 Å². The number of carbonyl (C=O) groups excluding carboxylic acids is 1. The van der Waals surface area contributed by atoms with Gasteiger partial charge in [-0.3, -0.25) is 4.79 Å². The molecule has 3 rings (SSSR count). The number of aryl methyl sites for hydroxylation is 1. The monoisotopic (exact) mass is 307 g/mol. The first kappa shape index (κ1) is 13.6. The van der Waals surface area contributed by atoms with E-state index in [1.54, 1.807) is 17.4 Å². The van der Waals surface area contributed by atoms with Crippen LogP contribution in [0.15, 0.2) is 29.6 Å². The van der Waals surface area contributed by atoms with Crippen LogP contribution in [-0.2, 0) is 17.6 Å². The van der Waals surface area contributed by atoms with Crippen molar-refractivity contribution < 1.29 is 9.90 Å². The summed E-state index contributed by atoms with van der Waals surface area (Å²) in [7, 11) is 0. The van der Waals surface area contributed by atoms with Crippen molar-refractivity contribution in [3.05, 3.63) is 50.7 Å². The van der Waals surface area contributed by atoms with Gasteiger partial charge < -0.3 is 10.4 Å². The summed E-state index contributed by atoms with van der Waals surface area (Å²) in [5.41, 5.74) is 2.49. The van der Waals surface area contributed by atoms with Gasteiger partial charge in [0.15, 0.2) is 0 Å². The van der Waals surface area contributed by atoms with Gasteiger partial charge in [-0.1, -0.05) is 23.7 Å². The SMILES string of the molecule is O=C1CCc2cc(C(O)Cc3cccs3)cc(Cl)c2N1. The van der Waals surface area contributed by atoms with Crippen LogP contribution in [0.2, 0.25) is 5.02 Å². The number of fused-ring (bicyclic) bond motifs is 1. The van der Waals surface area contributed by atoms with Gasteiger partial charge in [-0.15, -0.1) is 11.3 Å². The molecule has 2 heterocycles. The molecule has 1 aromatic heterocycles. The van der Waals surface area contributed by atoms with E-state index in [1.807, 2.05) is 23.6 Å². The third kappa shape index (κ3) is 2.73. The minimum Gasteiger partial charge on any atom is -0.388 e. The van der Waals surface area contributed by atoms with E-state index in [0.29, 0.717) is 30.0 Å². The van der Waals surface area contributed by atoms with Crippen molar-refractivity contribution in [3.8, 4) is 0 Å². The van der Waals surface area contributed by atoms with Gasteiger partial charge in [-0.25, -0.2) is 0 Å². The minimum atomic E-state index is -0.575. The molecule has 5 heteroatoms. The standard InChI is InChI=1S/C15H14ClNO2S/c16-12-7-10(13(18)8-11-2-1-5-20-11)6-9-3-4-14(19)17-15(9)12/h1-2,5-7,13,18H,3-4,8H2,(H,17,19). The Morgan fingerprint density at radius 3 is 3.00 bits per heavy atom. The summed E-state index contributed by atoms with van der Waals surface area (Å²) in [5, 5.41) is 15.6. The number of hydrogen-bond donors (Lipinski definition) is 2. The molecule has 0 bridgehead atoms. The number of rotatable bonds is 3. The van der Waals surface area contributed by atoms with Crippen LogP contribution >= 0.6 is 22.9 Å². The summed E-state index contributed by atoms with van der Waals surface area (Å²) >= 11 is 7.84. The van der Waals surface area contributed by atoms with Crippen molar-refractivity contribution >= 4 is 34.5 Å². The van der Waals surface area contributed by atoms with Crippen LogP contribution in [-0.4, -0.2) is 11.0 Å². The molecule has 1 aliphatic heterocycles. The van der Waals surface area contributed by atoms with Gasteiger partial charge in [-0.05, 0) is 35.1 Å². The average Bonchev–Trinajstić information content (AvgIpc) is 2.92. The van der Waals surface area contributed by atoms with Crippen LogP contribution < -0.4 is 5.32 Å². The van der Waals surface area contributed by atoms with Gasteiger partial charge in [0, 0.05) is 17.7 Å². The minimum absolute atomic E-state index is 0.00807. The van der Waals surface area contributed by atoms with E-state index in [4.69, 9.17) is 11.6 Å². The number of benzene rings is 1. The largest absolute Gasteiger partial charge is 0.388 e. The molecule has 0 radical (unpaired) electrons.